The molecule has 0 heterocycles. The average molecular weight is 283 g/mol. The van der Waals surface area contributed by atoms with E-state index in [-0.39, 0.29) is 32.7 Å². The van der Waals surface area contributed by atoms with Crippen molar-refractivity contribution in [3.05, 3.63) is 29.1 Å². The summed E-state index contributed by atoms with van der Waals surface area (Å²) in [5.41, 5.74) is 0. The maximum atomic E-state index is 12.5. The van der Waals surface area contributed by atoms with Crippen LogP contribution >= 0.6 is 0 Å². The molecule has 0 bridgehead atoms. The van der Waals surface area contributed by atoms with E-state index in [4.69, 9.17) is 0 Å². The minimum Gasteiger partial charge on any atom is -0.564 e. The molecule has 0 N–H and O–H groups in total. The molecule has 0 saturated carbocycles. The Morgan fingerprint density at radius 3 is 1.29 bits per heavy atom. The van der Waals surface area contributed by atoms with Crippen LogP contribution in [0.1, 0.15) is 0 Å². The Morgan fingerprint density at radius 1 is 0.714 bits per heavy atom. The summed E-state index contributed by atoms with van der Waals surface area (Å²) in [6.45, 7) is 0. The molecular formula is C6BF5OY. The van der Waals surface area contributed by atoms with Crippen LogP contribution < -0.4 is 4.65 Å². The van der Waals surface area contributed by atoms with Crippen LogP contribution in [0.4, 0.5) is 22.0 Å². The van der Waals surface area contributed by atoms with Gasteiger partial charge in [0.1, 0.15) is 0 Å². The SMILES string of the molecule is [B]Oc1c(F)c(F)c(F)c(F)c1F.[Y]. The molecule has 0 aromatic heterocycles. The van der Waals surface area contributed by atoms with Gasteiger partial charge >= 0.3 is 8.05 Å². The second-order valence-electron chi connectivity index (χ2n) is 2.02. The summed E-state index contributed by atoms with van der Waals surface area (Å²) in [5, 5.41) is 0. The molecule has 0 spiro atoms. The fourth-order valence-corrected chi connectivity index (χ4v) is 0.688. The molecule has 0 aliphatic rings. The molecule has 1 aromatic carbocycles. The molecule has 1 nitrogen and oxygen atoms in total. The summed E-state index contributed by atoms with van der Waals surface area (Å²) in [7, 11) is 4.30. The van der Waals surface area contributed by atoms with Gasteiger partial charge < -0.3 is 4.65 Å². The Kier molecular flexibility index (Phi) is 5.01. The predicted octanol–water partition coefficient (Wildman–Crippen LogP) is 1.84. The maximum Gasteiger partial charge on any atom is 0.374 e. The third-order valence-electron chi connectivity index (χ3n) is 1.29. The van der Waals surface area contributed by atoms with E-state index in [0.29, 0.717) is 0 Å². The third kappa shape index (κ3) is 2.08. The average Bonchev–Trinajstić information content (AvgIpc) is 2.13. The molecule has 0 fully saturated rings. The Balaban J connectivity index is 0.00000169. The van der Waals surface area contributed by atoms with Crippen LogP contribution in [0.2, 0.25) is 0 Å². The monoisotopic (exact) mass is 283 g/mol. The van der Waals surface area contributed by atoms with Crippen LogP contribution in [0.15, 0.2) is 0 Å². The number of halogens is 5. The molecule has 0 aliphatic heterocycles. The minimum atomic E-state index is -2.25. The van der Waals surface area contributed by atoms with Crippen LogP contribution in [-0.2, 0) is 32.7 Å². The van der Waals surface area contributed by atoms with Gasteiger partial charge in [0.2, 0.25) is 29.1 Å². The Labute approximate surface area is 102 Å². The molecule has 0 unspecified atom stereocenters. The van der Waals surface area contributed by atoms with Crippen molar-refractivity contribution >= 4 is 8.05 Å². The first kappa shape index (κ1) is 13.8. The van der Waals surface area contributed by atoms with Crippen molar-refractivity contribution < 1.29 is 59.3 Å². The summed E-state index contributed by atoms with van der Waals surface area (Å²) < 4.78 is 65.3. The second kappa shape index (κ2) is 5.07. The quantitative estimate of drug-likeness (QED) is 0.331. The summed E-state index contributed by atoms with van der Waals surface area (Å²) >= 11 is 0. The third-order valence-corrected chi connectivity index (χ3v) is 1.29. The zero-order chi connectivity index (χ0) is 10.2. The Hall–Kier alpha value is -0.161. The van der Waals surface area contributed by atoms with Gasteiger partial charge in [-0.3, -0.25) is 0 Å². The fourth-order valence-electron chi connectivity index (χ4n) is 0.688. The van der Waals surface area contributed by atoms with E-state index in [9.17, 15) is 22.0 Å². The van der Waals surface area contributed by atoms with Crippen molar-refractivity contribution in [3.8, 4) is 5.75 Å². The van der Waals surface area contributed by atoms with Crippen LogP contribution in [0.5, 0.6) is 5.75 Å². The molecule has 0 atom stereocenters. The predicted molar refractivity (Wildman–Crippen MR) is 32.6 cm³/mol. The number of hydrogen-bond acceptors (Lipinski definition) is 1. The number of benzene rings is 1. The number of hydrogen-bond donors (Lipinski definition) is 0. The van der Waals surface area contributed by atoms with Crippen molar-refractivity contribution in [2.45, 2.75) is 0 Å². The summed E-state index contributed by atoms with van der Waals surface area (Å²) in [6.07, 6.45) is 0. The van der Waals surface area contributed by atoms with Gasteiger partial charge in [0.25, 0.3) is 0 Å². The van der Waals surface area contributed by atoms with Gasteiger partial charge in [-0.1, -0.05) is 0 Å². The normalized spacial score (nSPS) is 9.50. The minimum absolute atomic E-state index is 0. The molecule has 8 heteroatoms. The van der Waals surface area contributed by atoms with E-state index in [1.165, 1.54) is 0 Å². The largest absolute Gasteiger partial charge is 0.564 e. The molecule has 14 heavy (non-hydrogen) atoms. The van der Waals surface area contributed by atoms with E-state index in [2.05, 4.69) is 12.7 Å². The van der Waals surface area contributed by atoms with Gasteiger partial charge in [-0.05, 0) is 0 Å². The van der Waals surface area contributed by atoms with Crippen LogP contribution in [0, 0.1) is 29.1 Å². The first-order valence-corrected chi connectivity index (χ1v) is 2.88. The Morgan fingerprint density at radius 2 is 1.00 bits per heavy atom. The van der Waals surface area contributed by atoms with Crippen LogP contribution in [0.3, 0.4) is 0 Å². The first-order chi connectivity index (χ1) is 6.00. The Bertz CT molecular complexity index is 330. The summed E-state index contributed by atoms with van der Waals surface area (Å²) in [4.78, 5) is 0. The molecule has 1 aromatic rings. The molecule has 71 valence electrons. The smallest absolute Gasteiger partial charge is 0.374 e. The van der Waals surface area contributed by atoms with Gasteiger partial charge in [0.05, 0.1) is 0 Å². The second-order valence-corrected chi connectivity index (χ2v) is 2.02. The van der Waals surface area contributed by atoms with Gasteiger partial charge in [0, 0.05) is 32.7 Å². The van der Waals surface area contributed by atoms with E-state index >= 15 is 0 Å². The molecule has 0 saturated heterocycles. The van der Waals surface area contributed by atoms with Gasteiger partial charge in [-0.2, -0.15) is 8.78 Å². The van der Waals surface area contributed by atoms with E-state index < -0.39 is 34.8 Å². The zero-order valence-corrected chi connectivity index (χ0v) is 9.29. The topological polar surface area (TPSA) is 9.23 Å². The molecule has 1 rings (SSSR count). The molecule has 0 aliphatic carbocycles. The molecular weight excluding hydrogens is 283 g/mol. The van der Waals surface area contributed by atoms with Crippen LogP contribution in [0.25, 0.3) is 0 Å². The number of rotatable bonds is 1. The molecule has 3 radical (unpaired) electrons. The van der Waals surface area contributed by atoms with Crippen molar-refractivity contribution in [2.75, 3.05) is 0 Å². The van der Waals surface area contributed by atoms with E-state index in [1.807, 2.05) is 0 Å². The van der Waals surface area contributed by atoms with Gasteiger partial charge in [-0.15, -0.1) is 0 Å². The summed E-state index contributed by atoms with van der Waals surface area (Å²) in [5.74, 6) is -12.1. The molecule has 0 amide bonds. The van der Waals surface area contributed by atoms with Crippen molar-refractivity contribution in [3.63, 3.8) is 0 Å². The van der Waals surface area contributed by atoms with E-state index in [0.717, 1.165) is 0 Å². The van der Waals surface area contributed by atoms with Gasteiger partial charge in [-0.25, -0.2) is 13.2 Å². The van der Waals surface area contributed by atoms with E-state index in [1.54, 1.807) is 0 Å². The zero-order valence-electron chi connectivity index (χ0n) is 6.45. The maximum absolute atomic E-state index is 12.5. The van der Waals surface area contributed by atoms with Crippen LogP contribution in [-0.4, -0.2) is 8.05 Å². The van der Waals surface area contributed by atoms with Gasteiger partial charge in [0.15, 0.2) is 5.75 Å². The standard InChI is InChI=1S/C6BF5O.Y/c7-13-6-4(11)2(9)1(8)3(10)5(6)12;. The first-order valence-electron chi connectivity index (χ1n) is 2.88. The van der Waals surface area contributed by atoms with Crippen molar-refractivity contribution in [1.82, 2.24) is 0 Å². The fraction of sp³-hybridized carbons (Fsp3) is 0. The summed E-state index contributed by atoms with van der Waals surface area (Å²) in [6, 6.07) is 0. The van der Waals surface area contributed by atoms with Crippen molar-refractivity contribution in [2.24, 2.45) is 0 Å². The van der Waals surface area contributed by atoms with Crippen molar-refractivity contribution in [1.29, 1.82) is 0 Å².